The van der Waals surface area contributed by atoms with E-state index < -0.39 is 5.97 Å². The smallest absolute Gasteiger partial charge is 0.308 e. The van der Waals surface area contributed by atoms with Crippen LogP contribution in [0.4, 0.5) is 5.69 Å². The third kappa shape index (κ3) is 5.70. The molecule has 0 bridgehead atoms. The van der Waals surface area contributed by atoms with Crippen molar-refractivity contribution in [3.05, 3.63) is 52.7 Å². The van der Waals surface area contributed by atoms with Gasteiger partial charge in [0.05, 0.1) is 11.3 Å². The van der Waals surface area contributed by atoms with Crippen LogP contribution in [0.2, 0.25) is 0 Å². The molecule has 1 heterocycles. The van der Waals surface area contributed by atoms with Gasteiger partial charge in [0.25, 0.3) is 11.8 Å². The second-order valence-corrected chi connectivity index (χ2v) is 6.78. The van der Waals surface area contributed by atoms with Gasteiger partial charge in [0.15, 0.2) is 6.61 Å². The van der Waals surface area contributed by atoms with Crippen molar-refractivity contribution < 1.29 is 19.1 Å². The maximum Gasteiger partial charge on any atom is 0.308 e. The van der Waals surface area contributed by atoms with Gasteiger partial charge in [0.2, 0.25) is 0 Å². The van der Waals surface area contributed by atoms with Crippen LogP contribution in [-0.4, -0.2) is 37.0 Å². The fourth-order valence-electron chi connectivity index (χ4n) is 2.38. The molecule has 2 rings (SSSR count). The number of anilines is 1. The van der Waals surface area contributed by atoms with Gasteiger partial charge in [-0.05, 0) is 37.4 Å². The Morgan fingerprint density at radius 1 is 1.12 bits per heavy atom. The average molecular weight is 374 g/mol. The fourth-order valence-corrected chi connectivity index (χ4v) is 3.02. The van der Waals surface area contributed by atoms with Crippen LogP contribution in [0, 0.1) is 0 Å². The third-order valence-corrected chi connectivity index (χ3v) is 4.40. The largest absolute Gasteiger partial charge is 0.455 e. The average Bonchev–Trinajstić information content (AvgIpc) is 3.15. The molecule has 138 valence electrons. The quantitative estimate of drug-likeness (QED) is 0.721. The van der Waals surface area contributed by atoms with Crippen molar-refractivity contribution >= 4 is 34.8 Å². The Labute approximate surface area is 156 Å². The molecule has 7 heteroatoms. The summed E-state index contributed by atoms with van der Waals surface area (Å²) < 4.78 is 5.05. The van der Waals surface area contributed by atoms with E-state index >= 15 is 0 Å². The number of nitrogens with one attached hydrogen (secondary N) is 1. The fraction of sp³-hybridized carbons (Fsp3) is 0.316. The molecule has 0 atom stereocenters. The van der Waals surface area contributed by atoms with Crippen molar-refractivity contribution in [2.45, 2.75) is 26.3 Å². The second-order valence-electron chi connectivity index (χ2n) is 5.84. The van der Waals surface area contributed by atoms with Crippen LogP contribution in [-0.2, 0) is 14.3 Å². The lowest BCUT2D eigenvalue weighted by molar-refractivity contribution is -0.147. The summed E-state index contributed by atoms with van der Waals surface area (Å²) in [5, 5.41) is 4.45. The molecule has 26 heavy (non-hydrogen) atoms. The number of carbonyl (C=O) groups is 3. The Kier molecular flexibility index (Phi) is 7.35. The highest BCUT2D eigenvalue weighted by molar-refractivity contribution is 7.12. The Hall–Kier alpha value is -2.67. The van der Waals surface area contributed by atoms with Gasteiger partial charge in [-0.3, -0.25) is 14.4 Å². The highest BCUT2D eigenvalue weighted by atomic mass is 32.1. The number of thiophene rings is 1. The highest BCUT2D eigenvalue weighted by Crippen LogP contribution is 2.16. The molecule has 0 aliphatic rings. The van der Waals surface area contributed by atoms with Crippen LogP contribution in [0.25, 0.3) is 0 Å². The second kappa shape index (κ2) is 9.72. The molecular weight excluding hydrogens is 352 g/mol. The molecule has 0 fully saturated rings. The van der Waals surface area contributed by atoms with E-state index in [1.807, 2.05) is 49.6 Å². The summed E-state index contributed by atoms with van der Waals surface area (Å²) in [6, 6.07) is 12.7. The van der Waals surface area contributed by atoms with E-state index in [4.69, 9.17) is 4.74 Å². The summed E-state index contributed by atoms with van der Waals surface area (Å²) in [6.07, 6.45) is 0.0113. The van der Waals surface area contributed by atoms with Crippen molar-refractivity contribution in [1.82, 2.24) is 5.32 Å². The van der Waals surface area contributed by atoms with Gasteiger partial charge in [0.1, 0.15) is 0 Å². The standard InChI is InChI=1S/C19H22N2O4S/c1-14(2)21(15-7-4-3-5-8-15)17(22)13-25-18(23)10-11-20-19(24)16-9-6-12-26-16/h3-9,12,14H,10-11,13H2,1-2H3,(H,20,24). The first-order valence-electron chi connectivity index (χ1n) is 8.33. The number of amides is 2. The van der Waals surface area contributed by atoms with Crippen LogP contribution >= 0.6 is 11.3 Å². The Morgan fingerprint density at radius 2 is 1.85 bits per heavy atom. The number of esters is 1. The van der Waals surface area contributed by atoms with Crippen LogP contribution in [0.15, 0.2) is 47.8 Å². The number of rotatable bonds is 8. The van der Waals surface area contributed by atoms with Crippen LogP contribution < -0.4 is 10.2 Å². The van der Waals surface area contributed by atoms with Gasteiger partial charge < -0.3 is 15.0 Å². The van der Waals surface area contributed by atoms with Crippen LogP contribution in [0.1, 0.15) is 29.9 Å². The summed E-state index contributed by atoms with van der Waals surface area (Å²) in [5.41, 5.74) is 0.756. The SMILES string of the molecule is CC(C)N(C(=O)COC(=O)CCNC(=O)c1cccs1)c1ccccc1. The number of carbonyl (C=O) groups excluding carboxylic acids is 3. The zero-order valence-corrected chi connectivity index (χ0v) is 15.6. The van der Waals surface area contributed by atoms with Gasteiger partial charge in [-0.25, -0.2) is 0 Å². The molecule has 2 amide bonds. The number of ether oxygens (including phenoxy) is 1. The molecule has 0 aliphatic heterocycles. The lowest BCUT2D eigenvalue weighted by atomic mass is 10.2. The Morgan fingerprint density at radius 3 is 2.46 bits per heavy atom. The molecule has 1 aromatic heterocycles. The van der Waals surface area contributed by atoms with Crippen LogP contribution in [0.5, 0.6) is 0 Å². The maximum absolute atomic E-state index is 12.4. The van der Waals surface area contributed by atoms with E-state index in [2.05, 4.69) is 5.32 Å². The van der Waals surface area contributed by atoms with Crippen molar-refractivity contribution in [2.75, 3.05) is 18.1 Å². The Balaban J connectivity index is 1.77. The molecule has 0 saturated heterocycles. The number of benzene rings is 1. The number of hydrogen-bond acceptors (Lipinski definition) is 5. The minimum absolute atomic E-state index is 0.0113. The summed E-state index contributed by atoms with van der Waals surface area (Å²) in [6.45, 7) is 3.63. The topological polar surface area (TPSA) is 75.7 Å². The van der Waals surface area contributed by atoms with Crippen molar-refractivity contribution in [3.63, 3.8) is 0 Å². The van der Waals surface area contributed by atoms with E-state index in [1.54, 1.807) is 17.0 Å². The van der Waals surface area contributed by atoms with Crippen molar-refractivity contribution in [3.8, 4) is 0 Å². The van der Waals surface area contributed by atoms with Crippen molar-refractivity contribution in [2.24, 2.45) is 0 Å². The maximum atomic E-state index is 12.4. The third-order valence-electron chi connectivity index (χ3n) is 3.54. The predicted molar refractivity (Wildman–Crippen MR) is 101 cm³/mol. The first-order chi connectivity index (χ1) is 12.5. The zero-order chi connectivity index (χ0) is 18.9. The molecule has 0 spiro atoms. The van der Waals surface area contributed by atoms with E-state index in [0.717, 1.165) is 5.69 Å². The van der Waals surface area contributed by atoms with Gasteiger partial charge in [-0.2, -0.15) is 0 Å². The van der Waals surface area contributed by atoms with Gasteiger partial charge in [-0.1, -0.05) is 24.3 Å². The predicted octanol–water partition coefficient (Wildman–Crippen LogP) is 2.85. The molecular formula is C19H22N2O4S. The lowest BCUT2D eigenvalue weighted by Crippen LogP contribution is -2.40. The number of para-hydroxylation sites is 1. The molecule has 0 saturated carbocycles. The minimum atomic E-state index is -0.526. The van der Waals surface area contributed by atoms with Crippen molar-refractivity contribution in [1.29, 1.82) is 0 Å². The van der Waals surface area contributed by atoms with E-state index in [-0.39, 0.29) is 37.4 Å². The van der Waals surface area contributed by atoms with E-state index in [0.29, 0.717) is 4.88 Å². The molecule has 1 N–H and O–H groups in total. The summed E-state index contributed by atoms with van der Waals surface area (Å²) in [5.74, 6) is -1.04. The lowest BCUT2D eigenvalue weighted by Gasteiger charge is -2.26. The van der Waals surface area contributed by atoms with Gasteiger partial charge >= 0.3 is 5.97 Å². The van der Waals surface area contributed by atoms with Gasteiger partial charge in [0, 0.05) is 18.3 Å². The molecule has 6 nitrogen and oxygen atoms in total. The summed E-state index contributed by atoms with van der Waals surface area (Å²) >= 11 is 1.33. The van der Waals surface area contributed by atoms with Gasteiger partial charge in [-0.15, -0.1) is 11.3 Å². The van der Waals surface area contributed by atoms with E-state index in [9.17, 15) is 14.4 Å². The molecule has 0 radical (unpaired) electrons. The monoisotopic (exact) mass is 374 g/mol. The zero-order valence-electron chi connectivity index (χ0n) is 14.8. The molecule has 0 unspecified atom stereocenters. The molecule has 0 aliphatic carbocycles. The first kappa shape index (κ1) is 19.7. The molecule has 1 aromatic carbocycles. The Bertz CT molecular complexity index is 729. The summed E-state index contributed by atoms with van der Waals surface area (Å²) in [4.78, 5) is 38.1. The first-order valence-corrected chi connectivity index (χ1v) is 9.21. The number of hydrogen-bond donors (Lipinski definition) is 1. The number of nitrogens with zero attached hydrogens (tertiary/aromatic N) is 1. The minimum Gasteiger partial charge on any atom is -0.455 e. The normalized spacial score (nSPS) is 10.4. The molecule has 2 aromatic rings. The van der Waals surface area contributed by atoms with Crippen LogP contribution in [0.3, 0.4) is 0 Å². The highest BCUT2D eigenvalue weighted by Gasteiger charge is 2.20. The summed E-state index contributed by atoms with van der Waals surface area (Å²) in [7, 11) is 0. The van der Waals surface area contributed by atoms with E-state index in [1.165, 1.54) is 11.3 Å².